The first kappa shape index (κ1) is 16.0. The summed E-state index contributed by atoms with van der Waals surface area (Å²) < 4.78 is 5.26. The summed E-state index contributed by atoms with van der Waals surface area (Å²) in [4.78, 5) is 14.7. The summed E-state index contributed by atoms with van der Waals surface area (Å²) in [5, 5.41) is 0. The lowest BCUT2D eigenvalue weighted by Crippen LogP contribution is -2.46. The van der Waals surface area contributed by atoms with Crippen molar-refractivity contribution in [1.29, 1.82) is 0 Å². The lowest BCUT2D eigenvalue weighted by atomic mass is 9.81. The Kier molecular flexibility index (Phi) is 5.80. The smallest absolute Gasteiger partial charge is 0.308 e. The zero-order valence-corrected chi connectivity index (χ0v) is 13.3. The summed E-state index contributed by atoms with van der Waals surface area (Å²) in [5.41, 5.74) is 1.06. The van der Waals surface area contributed by atoms with E-state index < -0.39 is 0 Å². The molecule has 1 saturated heterocycles. The molecule has 1 fully saturated rings. The number of hydrogen-bond donors (Lipinski definition) is 0. The Morgan fingerprint density at radius 1 is 1.19 bits per heavy atom. The Morgan fingerprint density at radius 3 is 2.43 bits per heavy atom. The molecule has 1 aromatic carbocycles. The summed E-state index contributed by atoms with van der Waals surface area (Å²) >= 11 is 0. The van der Waals surface area contributed by atoms with Crippen LogP contribution in [0.1, 0.15) is 51.5 Å². The number of rotatable bonds is 7. The van der Waals surface area contributed by atoms with Crippen LogP contribution in [0.5, 0.6) is 0 Å². The third kappa shape index (κ3) is 3.65. The molecule has 0 bridgehead atoms. The zero-order chi connectivity index (χ0) is 15.1. The van der Waals surface area contributed by atoms with Gasteiger partial charge in [0.1, 0.15) is 0 Å². The van der Waals surface area contributed by atoms with Crippen molar-refractivity contribution in [3.63, 3.8) is 0 Å². The van der Waals surface area contributed by atoms with E-state index in [2.05, 4.69) is 36.1 Å². The van der Waals surface area contributed by atoms with Crippen LogP contribution in [0, 0.1) is 0 Å². The molecule has 0 spiro atoms. The number of carbonyl (C=O) groups excluding carboxylic acids is 1. The van der Waals surface area contributed by atoms with Crippen molar-refractivity contribution in [2.75, 3.05) is 19.7 Å². The number of esters is 1. The number of nitrogens with zero attached hydrogens (tertiary/aromatic N) is 1. The fourth-order valence-corrected chi connectivity index (χ4v) is 3.55. The minimum absolute atomic E-state index is 0.0818. The first-order chi connectivity index (χ1) is 10.2. The second-order valence-electron chi connectivity index (χ2n) is 5.82. The number of benzene rings is 1. The SMILES string of the molecule is CCCC(CC(=O)OCC)(c1ccccc1)N1CCCC1. The van der Waals surface area contributed by atoms with E-state index in [9.17, 15) is 4.79 Å². The van der Waals surface area contributed by atoms with Crippen LogP contribution in [0.25, 0.3) is 0 Å². The van der Waals surface area contributed by atoms with Gasteiger partial charge in [0.05, 0.1) is 18.6 Å². The lowest BCUT2D eigenvalue weighted by Gasteiger charge is -2.42. The Morgan fingerprint density at radius 2 is 1.86 bits per heavy atom. The molecule has 3 nitrogen and oxygen atoms in total. The van der Waals surface area contributed by atoms with Gasteiger partial charge in [-0.25, -0.2) is 0 Å². The Labute approximate surface area is 128 Å². The summed E-state index contributed by atoms with van der Waals surface area (Å²) in [7, 11) is 0. The van der Waals surface area contributed by atoms with Gasteiger partial charge in [0.15, 0.2) is 0 Å². The quantitative estimate of drug-likeness (QED) is 0.716. The van der Waals surface area contributed by atoms with Crippen molar-refractivity contribution in [2.24, 2.45) is 0 Å². The van der Waals surface area contributed by atoms with E-state index in [1.807, 2.05) is 13.0 Å². The van der Waals surface area contributed by atoms with Gasteiger partial charge in [-0.3, -0.25) is 9.69 Å². The Balaban J connectivity index is 2.35. The van der Waals surface area contributed by atoms with Crippen LogP contribution in [0.15, 0.2) is 30.3 Å². The maximum Gasteiger partial charge on any atom is 0.308 e. The number of likely N-dealkylation sites (tertiary alicyclic amines) is 1. The first-order valence-electron chi connectivity index (χ1n) is 8.19. The predicted octanol–water partition coefficient (Wildman–Crippen LogP) is 3.73. The average Bonchev–Trinajstić information content (AvgIpc) is 3.02. The molecule has 0 N–H and O–H groups in total. The molecule has 0 amide bonds. The molecule has 0 aliphatic carbocycles. The minimum Gasteiger partial charge on any atom is -0.466 e. The minimum atomic E-state index is -0.196. The highest BCUT2D eigenvalue weighted by Gasteiger charge is 2.41. The molecule has 0 aromatic heterocycles. The van der Waals surface area contributed by atoms with Crippen molar-refractivity contribution < 1.29 is 9.53 Å². The standard InChI is InChI=1S/C18H27NO2/c1-3-12-18(15-17(20)21-4-2,19-13-8-9-14-19)16-10-6-5-7-11-16/h5-7,10-11H,3-4,8-9,12-15H2,1-2H3. The third-order valence-corrected chi connectivity index (χ3v) is 4.43. The largest absolute Gasteiger partial charge is 0.466 e. The van der Waals surface area contributed by atoms with Gasteiger partial charge in [-0.15, -0.1) is 0 Å². The fourth-order valence-electron chi connectivity index (χ4n) is 3.55. The molecule has 1 unspecified atom stereocenters. The van der Waals surface area contributed by atoms with Crippen LogP contribution < -0.4 is 0 Å². The molecule has 1 aromatic rings. The van der Waals surface area contributed by atoms with Crippen molar-refractivity contribution in [1.82, 2.24) is 4.90 Å². The van der Waals surface area contributed by atoms with Gasteiger partial charge in [0.25, 0.3) is 0 Å². The summed E-state index contributed by atoms with van der Waals surface area (Å²) in [6, 6.07) is 10.5. The van der Waals surface area contributed by atoms with Crippen molar-refractivity contribution in [3.05, 3.63) is 35.9 Å². The number of carbonyl (C=O) groups is 1. The average molecular weight is 289 g/mol. The molecule has 1 heterocycles. The summed E-state index contributed by atoms with van der Waals surface area (Å²) in [6.07, 6.45) is 4.96. The van der Waals surface area contributed by atoms with Crippen LogP contribution in [-0.4, -0.2) is 30.6 Å². The zero-order valence-electron chi connectivity index (χ0n) is 13.3. The van der Waals surface area contributed by atoms with Gasteiger partial charge in [-0.1, -0.05) is 43.7 Å². The van der Waals surface area contributed by atoms with Gasteiger partial charge in [0, 0.05) is 0 Å². The summed E-state index contributed by atoms with van der Waals surface area (Å²) in [6.45, 7) is 6.68. The molecule has 0 radical (unpaired) electrons. The molecule has 2 rings (SSSR count). The monoisotopic (exact) mass is 289 g/mol. The second kappa shape index (κ2) is 7.60. The predicted molar refractivity (Wildman–Crippen MR) is 85.1 cm³/mol. The van der Waals surface area contributed by atoms with E-state index in [0.717, 1.165) is 25.9 Å². The Hall–Kier alpha value is -1.35. The van der Waals surface area contributed by atoms with Crippen molar-refractivity contribution >= 4 is 5.97 Å². The highest BCUT2D eigenvalue weighted by molar-refractivity contribution is 5.71. The number of hydrogen-bond acceptors (Lipinski definition) is 3. The summed E-state index contributed by atoms with van der Waals surface area (Å²) in [5.74, 6) is -0.0818. The van der Waals surface area contributed by atoms with E-state index in [0.29, 0.717) is 13.0 Å². The van der Waals surface area contributed by atoms with E-state index in [1.54, 1.807) is 0 Å². The normalized spacial score (nSPS) is 18.4. The van der Waals surface area contributed by atoms with Crippen molar-refractivity contribution in [3.8, 4) is 0 Å². The maximum absolute atomic E-state index is 12.2. The first-order valence-corrected chi connectivity index (χ1v) is 8.19. The van der Waals surface area contributed by atoms with Gasteiger partial charge >= 0.3 is 5.97 Å². The fraction of sp³-hybridized carbons (Fsp3) is 0.611. The van der Waals surface area contributed by atoms with Crippen molar-refractivity contribution in [2.45, 2.75) is 51.5 Å². The maximum atomic E-state index is 12.2. The molecule has 1 aliphatic heterocycles. The van der Waals surface area contributed by atoms with E-state index in [4.69, 9.17) is 4.74 Å². The highest BCUT2D eigenvalue weighted by atomic mass is 16.5. The van der Waals surface area contributed by atoms with Crippen LogP contribution in [0.4, 0.5) is 0 Å². The van der Waals surface area contributed by atoms with Gasteiger partial charge in [0.2, 0.25) is 0 Å². The lowest BCUT2D eigenvalue weighted by molar-refractivity contribution is -0.147. The molecule has 116 valence electrons. The van der Waals surface area contributed by atoms with E-state index in [1.165, 1.54) is 18.4 Å². The van der Waals surface area contributed by atoms with Crippen LogP contribution >= 0.6 is 0 Å². The van der Waals surface area contributed by atoms with Gasteiger partial charge in [-0.2, -0.15) is 0 Å². The van der Waals surface area contributed by atoms with Crippen LogP contribution in [0.3, 0.4) is 0 Å². The highest BCUT2D eigenvalue weighted by Crippen LogP contribution is 2.39. The topological polar surface area (TPSA) is 29.5 Å². The van der Waals surface area contributed by atoms with Gasteiger partial charge < -0.3 is 4.74 Å². The third-order valence-electron chi connectivity index (χ3n) is 4.43. The molecule has 21 heavy (non-hydrogen) atoms. The van der Waals surface area contributed by atoms with E-state index >= 15 is 0 Å². The molecular formula is C18H27NO2. The molecule has 3 heteroatoms. The second-order valence-corrected chi connectivity index (χ2v) is 5.82. The van der Waals surface area contributed by atoms with Gasteiger partial charge in [-0.05, 0) is 44.8 Å². The molecule has 0 saturated carbocycles. The van der Waals surface area contributed by atoms with Crippen LogP contribution in [-0.2, 0) is 15.1 Å². The molecule has 1 atom stereocenters. The van der Waals surface area contributed by atoms with E-state index in [-0.39, 0.29) is 11.5 Å². The molecule has 1 aliphatic rings. The molecular weight excluding hydrogens is 262 g/mol. The van der Waals surface area contributed by atoms with Crippen LogP contribution in [0.2, 0.25) is 0 Å². The Bertz CT molecular complexity index is 440. The number of ether oxygens (including phenoxy) is 1.